The van der Waals surface area contributed by atoms with Gasteiger partial charge in [-0.2, -0.15) is 10.4 Å². The number of benzene rings is 2. The van der Waals surface area contributed by atoms with Gasteiger partial charge >= 0.3 is 5.97 Å². The van der Waals surface area contributed by atoms with E-state index in [1.165, 1.54) is 11.6 Å². The highest BCUT2D eigenvalue weighted by molar-refractivity contribution is 6.03. The van der Waals surface area contributed by atoms with Crippen LogP contribution in [0.5, 0.6) is 0 Å². The van der Waals surface area contributed by atoms with Crippen LogP contribution in [0.2, 0.25) is 0 Å². The van der Waals surface area contributed by atoms with Crippen molar-refractivity contribution in [2.45, 2.75) is 33.4 Å². The molecule has 0 aliphatic carbocycles. The molecule has 0 spiro atoms. The lowest BCUT2D eigenvalue weighted by Crippen LogP contribution is -2.32. The Kier molecular flexibility index (Phi) is 6.46. The highest BCUT2D eigenvalue weighted by atomic mass is 16.5. The van der Waals surface area contributed by atoms with Gasteiger partial charge in [0, 0.05) is 17.6 Å². The van der Waals surface area contributed by atoms with Crippen LogP contribution in [-0.2, 0) is 16.1 Å². The summed E-state index contributed by atoms with van der Waals surface area (Å²) < 4.78 is 6.60. The minimum Gasteiger partial charge on any atom is -0.448 e. The van der Waals surface area contributed by atoms with Crippen LogP contribution in [0.1, 0.15) is 36.8 Å². The van der Waals surface area contributed by atoms with Crippen molar-refractivity contribution < 1.29 is 14.3 Å². The SMILES string of the molecule is CC(C)Cn1nc(C(=O)O[C@H](C)C(=O)Nc2ccc(C#N)cc2)c2ccccc2c1=O. The largest absolute Gasteiger partial charge is 0.448 e. The lowest BCUT2D eigenvalue weighted by atomic mass is 10.1. The molecule has 2 aromatic carbocycles. The Morgan fingerprint density at radius 3 is 2.35 bits per heavy atom. The molecular weight excluding hydrogens is 396 g/mol. The van der Waals surface area contributed by atoms with Crippen molar-refractivity contribution in [1.82, 2.24) is 9.78 Å². The summed E-state index contributed by atoms with van der Waals surface area (Å²) in [6.07, 6.45) is -1.10. The molecule has 1 aromatic heterocycles. The van der Waals surface area contributed by atoms with Crippen LogP contribution in [0.4, 0.5) is 5.69 Å². The Morgan fingerprint density at radius 1 is 1.10 bits per heavy atom. The Bertz CT molecular complexity index is 1220. The predicted molar refractivity (Wildman–Crippen MR) is 116 cm³/mol. The number of fused-ring (bicyclic) bond motifs is 1. The average molecular weight is 418 g/mol. The molecule has 1 N–H and O–H groups in total. The van der Waals surface area contributed by atoms with Gasteiger partial charge in [0.15, 0.2) is 11.8 Å². The number of nitriles is 1. The van der Waals surface area contributed by atoms with E-state index in [1.807, 2.05) is 19.9 Å². The second-order valence-electron chi connectivity index (χ2n) is 7.50. The number of nitrogens with one attached hydrogen (secondary N) is 1. The van der Waals surface area contributed by atoms with E-state index < -0.39 is 18.0 Å². The van der Waals surface area contributed by atoms with Gasteiger partial charge in [-0.15, -0.1) is 0 Å². The van der Waals surface area contributed by atoms with Gasteiger partial charge in [-0.25, -0.2) is 9.48 Å². The molecule has 8 heteroatoms. The molecule has 1 amide bonds. The number of carbonyl (C=O) groups excluding carboxylic acids is 2. The van der Waals surface area contributed by atoms with Crippen LogP contribution in [0.25, 0.3) is 10.8 Å². The second kappa shape index (κ2) is 9.22. The number of hydrogen-bond acceptors (Lipinski definition) is 6. The molecule has 3 rings (SSSR count). The number of amides is 1. The van der Waals surface area contributed by atoms with E-state index in [0.29, 0.717) is 28.6 Å². The second-order valence-corrected chi connectivity index (χ2v) is 7.50. The number of nitrogens with zero attached hydrogens (tertiary/aromatic N) is 3. The molecule has 31 heavy (non-hydrogen) atoms. The first kappa shape index (κ1) is 21.7. The van der Waals surface area contributed by atoms with Gasteiger partial charge in [0.25, 0.3) is 11.5 Å². The third-order valence-electron chi connectivity index (χ3n) is 4.53. The van der Waals surface area contributed by atoms with Crippen molar-refractivity contribution in [3.8, 4) is 6.07 Å². The van der Waals surface area contributed by atoms with E-state index in [9.17, 15) is 14.4 Å². The average Bonchev–Trinajstić information content (AvgIpc) is 2.75. The van der Waals surface area contributed by atoms with Gasteiger partial charge in [0.05, 0.1) is 17.0 Å². The van der Waals surface area contributed by atoms with Gasteiger partial charge in [0.1, 0.15) is 0 Å². The molecule has 8 nitrogen and oxygen atoms in total. The summed E-state index contributed by atoms with van der Waals surface area (Å²) in [5.74, 6) is -1.18. The smallest absolute Gasteiger partial charge is 0.360 e. The summed E-state index contributed by atoms with van der Waals surface area (Å²) >= 11 is 0. The van der Waals surface area contributed by atoms with E-state index in [0.717, 1.165) is 0 Å². The predicted octanol–water partition coefficient (Wildman–Crippen LogP) is 3.11. The van der Waals surface area contributed by atoms with Gasteiger partial charge in [-0.3, -0.25) is 9.59 Å². The number of rotatable bonds is 6. The third-order valence-corrected chi connectivity index (χ3v) is 4.53. The van der Waals surface area contributed by atoms with Crippen LogP contribution in [-0.4, -0.2) is 27.8 Å². The molecule has 0 aliphatic rings. The zero-order valence-corrected chi connectivity index (χ0v) is 17.5. The van der Waals surface area contributed by atoms with Crippen molar-refractivity contribution >= 4 is 28.3 Å². The topological polar surface area (TPSA) is 114 Å². The molecule has 0 saturated carbocycles. The number of aromatic nitrogens is 2. The van der Waals surface area contributed by atoms with Crippen molar-refractivity contribution in [2.24, 2.45) is 5.92 Å². The van der Waals surface area contributed by atoms with Crippen LogP contribution in [0, 0.1) is 17.2 Å². The van der Waals surface area contributed by atoms with Crippen LogP contribution >= 0.6 is 0 Å². The first-order chi connectivity index (χ1) is 14.8. The summed E-state index contributed by atoms with van der Waals surface area (Å²) in [5.41, 5.74) is 0.634. The molecule has 0 bridgehead atoms. The summed E-state index contributed by atoms with van der Waals surface area (Å²) in [5, 5.41) is 16.4. The minimum atomic E-state index is -1.10. The van der Waals surface area contributed by atoms with Gasteiger partial charge in [0.2, 0.25) is 0 Å². The maximum Gasteiger partial charge on any atom is 0.360 e. The van der Waals surface area contributed by atoms with E-state index in [2.05, 4.69) is 10.4 Å². The molecule has 1 heterocycles. The molecule has 3 aromatic rings. The molecule has 0 fully saturated rings. The monoisotopic (exact) mass is 418 g/mol. The Labute approximate surface area is 179 Å². The first-order valence-electron chi connectivity index (χ1n) is 9.82. The molecular formula is C23H22N4O4. The number of ether oxygens (including phenoxy) is 1. The Hall–Kier alpha value is -3.99. The fourth-order valence-corrected chi connectivity index (χ4v) is 3.00. The molecule has 158 valence electrons. The maximum absolute atomic E-state index is 12.8. The van der Waals surface area contributed by atoms with E-state index in [4.69, 9.17) is 10.00 Å². The van der Waals surface area contributed by atoms with Crippen LogP contribution in [0.3, 0.4) is 0 Å². The minimum absolute atomic E-state index is 0.0196. The fourth-order valence-electron chi connectivity index (χ4n) is 3.00. The summed E-state index contributed by atoms with van der Waals surface area (Å²) in [4.78, 5) is 38.0. The molecule has 0 unspecified atom stereocenters. The van der Waals surface area contributed by atoms with Gasteiger partial charge in [-0.05, 0) is 43.2 Å². The number of hydrogen-bond donors (Lipinski definition) is 1. The lowest BCUT2D eigenvalue weighted by molar-refractivity contribution is -0.123. The van der Waals surface area contributed by atoms with Crippen molar-refractivity contribution in [1.29, 1.82) is 5.26 Å². The van der Waals surface area contributed by atoms with Crippen molar-refractivity contribution in [3.63, 3.8) is 0 Å². The lowest BCUT2D eigenvalue weighted by Gasteiger charge is -2.15. The highest BCUT2D eigenvalue weighted by Gasteiger charge is 2.23. The van der Waals surface area contributed by atoms with Gasteiger partial charge in [-0.1, -0.05) is 32.0 Å². The number of anilines is 1. The summed E-state index contributed by atoms with van der Waals surface area (Å²) in [7, 11) is 0. The molecule has 0 saturated heterocycles. The normalized spacial score (nSPS) is 11.7. The molecule has 1 atom stereocenters. The van der Waals surface area contributed by atoms with Gasteiger partial charge < -0.3 is 10.1 Å². The highest BCUT2D eigenvalue weighted by Crippen LogP contribution is 2.16. The van der Waals surface area contributed by atoms with Crippen molar-refractivity contribution in [3.05, 3.63) is 70.1 Å². The summed E-state index contributed by atoms with van der Waals surface area (Å²) in [6, 6.07) is 15.0. The van der Waals surface area contributed by atoms with E-state index >= 15 is 0 Å². The van der Waals surface area contributed by atoms with Crippen LogP contribution in [0.15, 0.2) is 53.3 Å². The fraction of sp³-hybridized carbons (Fsp3) is 0.261. The van der Waals surface area contributed by atoms with E-state index in [1.54, 1.807) is 48.5 Å². The van der Waals surface area contributed by atoms with Crippen molar-refractivity contribution in [2.75, 3.05) is 5.32 Å². The molecule has 0 aliphatic heterocycles. The number of carbonyl (C=O) groups is 2. The summed E-state index contributed by atoms with van der Waals surface area (Å²) in [6.45, 7) is 5.68. The quantitative estimate of drug-likeness (QED) is 0.615. The maximum atomic E-state index is 12.8. The zero-order valence-electron chi connectivity index (χ0n) is 17.5. The Balaban J connectivity index is 1.83. The number of esters is 1. The first-order valence-corrected chi connectivity index (χ1v) is 9.82. The van der Waals surface area contributed by atoms with E-state index in [-0.39, 0.29) is 17.2 Å². The van der Waals surface area contributed by atoms with Crippen LogP contribution < -0.4 is 10.9 Å². The standard InChI is InChI=1S/C23H22N4O4/c1-14(2)13-27-22(29)19-7-5-4-6-18(19)20(26-27)23(30)31-15(3)21(28)25-17-10-8-16(12-24)9-11-17/h4-11,14-15H,13H2,1-3H3,(H,25,28)/t15-/m1/s1. The third kappa shape index (κ3) is 4.95. The molecule has 0 radical (unpaired) electrons. The zero-order chi connectivity index (χ0) is 22.5. The Morgan fingerprint density at radius 2 is 1.74 bits per heavy atom.